The smallest absolute Gasteiger partial charge is 0.351 e. The summed E-state index contributed by atoms with van der Waals surface area (Å²) in [6, 6.07) is 5.39. The number of hydrogen-bond donors (Lipinski definition) is 1. The first-order valence-electron chi connectivity index (χ1n) is 6.51. The quantitative estimate of drug-likeness (QED) is 0.258. The molecular formula is C15H16ClN3O2S. The summed E-state index contributed by atoms with van der Waals surface area (Å²) in [5.74, 6) is 0.0429. The number of hydrogen-bond acceptors (Lipinski definition) is 6. The lowest BCUT2D eigenvalue weighted by Crippen LogP contribution is -2.18. The van der Waals surface area contributed by atoms with Gasteiger partial charge in [0, 0.05) is 12.7 Å². The number of nitriles is 1. The van der Waals surface area contributed by atoms with Crippen LogP contribution in [0.5, 0.6) is 0 Å². The maximum Gasteiger partial charge on any atom is 0.351 e. The second-order valence-corrected chi connectivity index (χ2v) is 5.64. The third kappa shape index (κ3) is 5.80. The molecule has 0 amide bonds. The Hall–Kier alpha value is -1.97. The molecule has 0 aliphatic heterocycles. The van der Waals surface area contributed by atoms with E-state index in [-0.39, 0.29) is 12.2 Å². The first kappa shape index (κ1) is 18.1. The van der Waals surface area contributed by atoms with E-state index in [1.165, 1.54) is 17.8 Å². The van der Waals surface area contributed by atoms with Crippen LogP contribution in [-0.4, -0.2) is 23.3 Å². The fraction of sp³-hybridized carbons (Fsp3) is 0.267. The molecule has 7 heteroatoms. The molecule has 5 nitrogen and oxygen atoms in total. The van der Waals surface area contributed by atoms with Crippen LogP contribution in [-0.2, 0) is 16.1 Å². The summed E-state index contributed by atoms with van der Waals surface area (Å²) in [6.45, 7) is 5.89. The van der Waals surface area contributed by atoms with Crippen LogP contribution in [0.1, 0.15) is 12.5 Å². The lowest BCUT2D eigenvalue weighted by Gasteiger charge is -2.12. The summed E-state index contributed by atoms with van der Waals surface area (Å²) in [5.41, 5.74) is 0.839. The van der Waals surface area contributed by atoms with Crippen LogP contribution >= 0.6 is 23.4 Å². The highest BCUT2D eigenvalue weighted by Gasteiger charge is 2.17. The van der Waals surface area contributed by atoms with Gasteiger partial charge in [-0.3, -0.25) is 0 Å². The predicted molar refractivity (Wildman–Crippen MR) is 88.0 cm³/mol. The molecule has 0 unspecified atom stereocenters. The zero-order chi connectivity index (χ0) is 16.4. The average Bonchev–Trinajstić information content (AvgIpc) is 2.52. The van der Waals surface area contributed by atoms with E-state index in [1.807, 2.05) is 19.1 Å². The Labute approximate surface area is 139 Å². The summed E-state index contributed by atoms with van der Waals surface area (Å²) < 4.78 is 4.92. The second kappa shape index (κ2) is 9.87. The highest BCUT2D eigenvalue weighted by Crippen LogP contribution is 2.18. The summed E-state index contributed by atoms with van der Waals surface area (Å²) >= 11 is 7.10. The fourth-order valence-corrected chi connectivity index (χ4v) is 2.29. The normalized spacial score (nSPS) is 11.1. The first-order chi connectivity index (χ1) is 10.6. The molecule has 1 heterocycles. The van der Waals surface area contributed by atoms with Crippen molar-refractivity contribution in [3.8, 4) is 6.07 Å². The largest absolute Gasteiger partial charge is 0.457 e. The number of aromatic nitrogens is 1. The maximum absolute atomic E-state index is 11.9. The van der Waals surface area contributed by atoms with Crippen molar-refractivity contribution in [2.45, 2.75) is 13.5 Å². The maximum atomic E-state index is 11.9. The molecule has 1 aromatic rings. The topological polar surface area (TPSA) is 75.0 Å². The van der Waals surface area contributed by atoms with Gasteiger partial charge in [-0.2, -0.15) is 5.26 Å². The molecule has 1 aromatic heterocycles. The van der Waals surface area contributed by atoms with E-state index >= 15 is 0 Å². The highest BCUT2D eigenvalue weighted by molar-refractivity contribution is 8.03. The molecule has 22 heavy (non-hydrogen) atoms. The Morgan fingerprint density at radius 1 is 1.64 bits per heavy atom. The number of nitrogens with zero attached hydrogens (tertiary/aromatic N) is 2. The average molecular weight is 338 g/mol. The molecule has 0 atom stereocenters. The number of pyridine rings is 1. The SMILES string of the molecule is C=CCOC(=O)/C(C#N)=C(\NCc1ccc(Cl)nc1)SCC. The van der Waals surface area contributed by atoms with Crippen LogP contribution in [0.3, 0.4) is 0 Å². The van der Waals surface area contributed by atoms with Crippen LogP contribution in [0.2, 0.25) is 5.15 Å². The molecule has 0 fully saturated rings. The van der Waals surface area contributed by atoms with E-state index in [9.17, 15) is 10.1 Å². The van der Waals surface area contributed by atoms with Crippen molar-refractivity contribution in [1.29, 1.82) is 5.26 Å². The molecular weight excluding hydrogens is 322 g/mol. The van der Waals surface area contributed by atoms with Crippen LogP contribution < -0.4 is 5.32 Å². The molecule has 0 saturated carbocycles. The Kier molecular flexibility index (Phi) is 8.11. The predicted octanol–water partition coefficient (Wildman–Crippen LogP) is 3.04. The summed E-state index contributed by atoms with van der Waals surface area (Å²) in [7, 11) is 0. The van der Waals surface area contributed by atoms with E-state index in [0.717, 1.165) is 5.56 Å². The Morgan fingerprint density at radius 2 is 2.41 bits per heavy atom. The molecule has 0 aliphatic rings. The summed E-state index contributed by atoms with van der Waals surface area (Å²) in [6.07, 6.45) is 3.08. The van der Waals surface area contributed by atoms with Crippen molar-refractivity contribution >= 4 is 29.3 Å². The van der Waals surface area contributed by atoms with Crippen LogP contribution in [0.15, 0.2) is 41.6 Å². The molecule has 0 bridgehead atoms. The molecule has 1 N–H and O–H groups in total. The Bertz CT molecular complexity index is 594. The lowest BCUT2D eigenvalue weighted by atomic mass is 10.3. The van der Waals surface area contributed by atoms with Gasteiger partial charge in [0.1, 0.15) is 17.8 Å². The van der Waals surface area contributed by atoms with Gasteiger partial charge in [0.15, 0.2) is 5.57 Å². The molecule has 0 aliphatic carbocycles. The number of rotatable bonds is 8. The van der Waals surface area contributed by atoms with Crippen molar-refractivity contribution in [3.05, 3.63) is 52.3 Å². The van der Waals surface area contributed by atoms with Gasteiger partial charge in [0.25, 0.3) is 0 Å². The van der Waals surface area contributed by atoms with Crippen molar-refractivity contribution in [2.75, 3.05) is 12.4 Å². The highest BCUT2D eigenvalue weighted by atomic mass is 35.5. The van der Waals surface area contributed by atoms with Crippen LogP contribution in [0, 0.1) is 11.3 Å². The molecule has 116 valence electrons. The third-order valence-electron chi connectivity index (χ3n) is 2.41. The van der Waals surface area contributed by atoms with Crippen molar-refractivity contribution < 1.29 is 9.53 Å². The Morgan fingerprint density at radius 3 is 2.95 bits per heavy atom. The van der Waals surface area contributed by atoms with Crippen molar-refractivity contribution in [3.63, 3.8) is 0 Å². The monoisotopic (exact) mass is 337 g/mol. The van der Waals surface area contributed by atoms with Crippen molar-refractivity contribution in [2.24, 2.45) is 0 Å². The molecule has 0 saturated heterocycles. The molecule has 1 rings (SSSR count). The minimum Gasteiger partial charge on any atom is -0.457 e. The Balaban J connectivity index is 2.86. The third-order valence-corrected chi connectivity index (χ3v) is 3.56. The first-order valence-corrected chi connectivity index (χ1v) is 7.88. The second-order valence-electron chi connectivity index (χ2n) is 3.98. The number of carbonyl (C=O) groups is 1. The standard InChI is InChI=1S/C15H16ClN3O2S/c1-3-7-21-15(20)12(8-17)14(22-4-2)19-10-11-5-6-13(16)18-9-11/h3,5-6,9,19H,1,4,7,10H2,2H3/b14-12+. The van der Waals surface area contributed by atoms with E-state index in [4.69, 9.17) is 16.3 Å². The van der Waals surface area contributed by atoms with Gasteiger partial charge in [-0.25, -0.2) is 9.78 Å². The lowest BCUT2D eigenvalue weighted by molar-refractivity contribution is -0.137. The van der Waals surface area contributed by atoms with Gasteiger partial charge in [-0.15, -0.1) is 11.8 Å². The summed E-state index contributed by atoms with van der Waals surface area (Å²) in [4.78, 5) is 15.9. The number of nitrogens with one attached hydrogen (secondary N) is 1. The molecule has 0 spiro atoms. The zero-order valence-corrected chi connectivity index (χ0v) is 13.7. The summed E-state index contributed by atoms with van der Waals surface area (Å²) in [5, 5.41) is 13.2. The zero-order valence-electron chi connectivity index (χ0n) is 12.1. The van der Waals surface area contributed by atoms with Gasteiger partial charge >= 0.3 is 5.97 Å². The number of esters is 1. The van der Waals surface area contributed by atoms with Gasteiger partial charge in [0.2, 0.25) is 0 Å². The molecule has 0 radical (unpaired) electrons. The van der Waals surface area contributed by atoms with Crippen LogP contribution in [0.4, 0.5) is 0 Å². The minimum atomic E-state index is -0.667. The van der Waals surface area contributed by atoms with E-state index < -0.39 is 5.97 Å². The van der Waals surface area contributed by atoms with Gasteiger partial charge < -0.3 is 10.1 Å². The minimum absolute atomic E-state index is 0.0457. The molecule has 0 aromatic carbocycles. The van der Waals surface area contributed by atoms with Crippen LogP contribution in [0.25, 0.3) is 0 Å². The van der Waals surface area contributed by atoms with E-state index in [0.29, 0.717) is 22.5 Å². The number of carbonyl (C=O) groups excluding carboxylic acids is 1. The fourth-order valence-electron chi connectivity index (χ4n) is 1.45. The number of thioether (sulfide) groups is 1. The van der Waals surface area contributed by atoms with Crippen molar-refractivity contribution in [1.82, 2.24) is 10.3 Å². The van der Waals surface area contributed by atoms with E-state index in [1.54, 1.807) is 12.3 Å². The number of ether oxygens (including phenoxy) is 1. The van der Waals surface area contributed by atoms with Gasteiger partial charge in [0.05, 0.1) is 5.03 Å². The van der Waals surface area contributed by atoms with Gasteiger partial charge in [-0.05, 0) is 17.4 Å². The number of halogens is 1. The van der Waals surface area contributed by atoms with Gasteiger partial charge in [-0.1, -0.05) is 37.2 Å². The van der Waals surface area contributed by atoms with E-state index in [2.05, 4.69) is 16.9 Å².